The molecule has 4 aromatic rings. The van der Waals surface area contributed by atoms with Gasteiger partial charge in [0.05, 0.1) is 10.9 Å². The predicted octanol–water partition coefficient (Wildman–Crippen LogP) is 1.13. The van der Waals surface area contributed by atoms with Gasteiger partial charge >= 0.3 is 5.69 Å². The highest BCUT2D eigenvalue weighted by Crippen LogP contribution is 2.29. The maximum Gasteiger partial charge on any atom is 0.329 e. The number of hydrogen-bond donors (Lipinski definition) is 3. The number of fused-ring (bicyclic) bond motifs is 1. The van der Waals surface area contributed by atoms with Gasteiger partial charge in [0.25, 0.3) is 17.4 Å². The topological polar surface area (TPSA) is 135 Å². The highest BCUT2D eigenvalue weighted by molar-refractivity contribution is 5.97. The lowest BCUT2D eigenvalue weighted by Crippen LogP contribution is -2.44. The molecule has 0 bridgehead atoms. The van der Waals surface area contributed by atoms with Crippen molar-refractivity contribution in [3.63, 3.8) is 0 Å². The number of rotatable bonds is 5. The molecule has 3 N–H and O–H groups in total. The molecular formula is C23H19N5O5. The third-order valence-corrected chi connectivity index (χ3v) is 4.86. The number of carbonyl (C=O) groups is 2. The van der Waals surface area contributed by atoms with Crippen molar-refractivity contribution in [1.82, 2.24) is 25.4 Å². The van der Waals surface area contributed by atoms with Crippen molar-refractivity contribution in [2.75, 3.05) is 6.61 Å². The van der Waals surface area contributed by atoms with Crippen molar-refractivity contribution in [2.24, 2.45) is 7.05 Å². The average Bonchev–Trinajstić information content (AvgIpc) is 2.85. The monoisotopic (exact) mass is 445 g/mol. The lowest BCUT2D eigenvalue weighted by molar-refractivity contribution is -0.123. The fourth-order valence-corrected chi connectivity index (χ4v) is 3.19. The Morgan fingerprint density at radius 3 is 2.55 bits per heavy atom. The molecule has 33 heavy (non-hydrogen) atoms. The average molecular weight is 445 g/mol. The normalized spacial score (nSPS) is 10.6. The van der Waals surface area contributed by atoms with Gasteiger partial charge in [0.2, 0.25) is 0 Å². The minimum absolute atomic E-state index is 0.0299. The second-order valence-corrected chi connectivity index (χ2v) is 7.07. The number of amides is 2. The van der Waals surface area contributed by atoms with Crippen molar-refractivity contribution in [3.05, 3.63) is 93.3 Å². The van der Waals surface area contributed by atoms with Crippen LogP contribution < -0.4 is 26.8 Å². The zero-order valence-electron chi connectivity index (χ0n) is 17.5. The number of H-pyrrole nitrogens is 1. The summed E-state index contributed by atoms with van der Waals surface area (Å²) in [6.07, 6.45) is 1.20. The molecule has 0 saturated heterocycles. The number of aryl methyl sites for hydroxylation is 1. The first-order valence-electron chi connectivity index (χ1n) is 9.89. The van der Waals surface area contributed by atoms with E-state index in [2.05, 4.69) is 20.8 Å². The summed E-state index contributed by atoms with van der Waals surface area (Å²) in [5.74, 6) is -0.746. The summed E-state index contributed by atoms with van der Waals surface area (Å²) in [5, 5.41) is 0.0666. The van der Waals surface area contributed by atoms with Gasteiger partial charge in [-0.25, -0.2) is 9.78 Å². The molecule has 2 aromatic heterocycles. The molecule has 0 aliphatic rings. The van der Waals surface area contributed by atoms with Gasteiger partial charge in [-0.2, -0.15) is 0 Å². The Labute approximate surface area is 186 Å². The smallest absolute Gasteiger partial charge is 0.329 e. The number of carbonyl (C=O) groups excluding carboxylic acids is 2. The second-order valence-electron chi connectivity index (χ2n) is 7.07. The van der Waals surface area contributed by atoms with E-state index in [0.29, 0.717) is 5.75 Å². The summed E-state index contributed by atoms with van der Waals surface area (Å²) in [6, 6.07) is 18.2. The van der Waals surface area contributed by atoms with Crippen LogP contribution in [0.3, 0.4) is 0 Å². The van der Waals surface area contributed by atoms with Gasteiger partial charge in [0.15, 0.2) is 6.61 Å². The third kappa shape index (κ3) is 4.64. The Balaban J connectivity index is 1.40. The SMILES string of the molecule is Cn1c(=O)[nH]c(=O)c2cc(C(=O)NNC(=O)COc3ccccc3-c3ccccc3)cnc21. The standard InChI is InChI=1S/C23H19N5O5/c1-28-20-17(22(31)25-23(28)32)11-15(12-24-20)21(30)27-26-19(29)13-33-18-10-6-5-9-16(18)14-7-3-2-4-8-14/h2-12H,13H2,1H3,(H,26,29)(H,27,30)(H,25,31,32). The van der Waals surface area contributed by atoms with Crippen LogP contribution in [0.25, 0.3) is 22.2 Å². The Morgan fingerprint density at radius 1 is 1.03 bits per heavy atom. The lowest BCUT2D eigenvalue weighted by atomic mass is 10.1. The maximum absolute atomic E-state index is 12.4. The highest BCUT2D eigenvalue weighted by Gasteiger charge is 2.13. The van der Waals surface area contributed by atoms with Crippen molar-refractivity contribution in [1.29, 1.82) is 0 Å². The highest BCUT2D eigenvalue weighted by atomic mass is 16.5. The molecule has 0 atom stereocenters. The van der Waals surface area contributed by atoms with Crippen LogP contribution in [-0.4, -0.2) is 33.0 Å². The number of nitrogens with one attached hydrogen (secondary N) is 3. The molecule has 2 heterocycles. The van der Waals surface area contributed by atoms with Gasteiger partial charge in [-0.1, -0.05) is 48.5 Å². The molecular weight excluding hydrogens is 426 g/mol. The quantitative estimate of drug-likeness (QED) is 0.394. The van der Waals surface area contributed by atoms with Gasteiger partial charge < -0.3 is 4.74 Å². The number of hydrazine groups is 1. The van der Waals surface area contributed by atoms with Crippen LogP contribution in [0.2, 0.25) is 0 Å². The number of para-hydroxylation sites is 1. The molecule has 2 aromatic carbocycles. The third-order valence-electron chi connectivity index (χ3n) is 4.86. The van der Waals surface area contributed by atoms with Crippen LogP contribution in [0.4, 0.5) is 0 Å². The number of aromatic nitrogens is 3. The van der Waals surface area contributed by atoms with Gasteiger partial charge in [0.1, 0.15) is 11.4 Å². The minimum atomic E-state index is -0.685. The number of aromatic amines is 1. The van der Waals surface area contributed by atoms with Crippen molar-refractivity contribution < 1.29 is 14.3 Å². The molecule has 0 spiro atoms. The van der Waals surface area contributed by atoms with Crippen LogP contribution in [0.1, 0.15) is 10.4 Å². The number of ether oxygens (including phenoxy) is 1. The molecule has 0 unspecified atom stereocenters. The lowest BCUT2D eigenvalue weighted by Gasteiger charge is -2.12. The molecule has 10 heteroatoms. The maximum atomic E-state index is 12.4. The molecule has 4 rings (SSSR count). The van der Waals surface area contributed by atoms with E-state index >= 15 is 0 Å². The summed E-state index contributed by atoms with van der Waals surface area (Å²) in [4.78, 5) is 54.4. The van der Waals surface area contributed by atoms with Crippen LogP contribution >= 0.6 is 0 Å². The summed E-state index contributed by atoms with van der Waals surface area (Å²) in [5.41, 5.74) is 5.18. The molecule has 0 radical (unpaired) electrons. The van der Waals surface area contributed by atoms with E-state index in [1.54, 1.807) is 12.1 Å². The predicted molar refractivity (Wildman–Crippen MR) is 121 cm³/mol. The zero-order valence-corrected chi connectivity index (χ0v) is 17.5. The van der Waals surface area contributed by atoms with Gasteiger partial charge in [-0.3, -0.25) is 34.8 Å². The van der Waals surface area contributed by atoms with Crippen molar-refractivity contribution >= 4 is 22.8 Å². The van der Waals surface area contributed by atoms with E-state index in [4.69, 9.17) is 4.74 Å². The fourth-order valence-electron chi connectivity index (χ4n) is 3.19. The Bertz CT molecular complexity index is 1460. The second kappa shape index (κ2) is 9.18. The van der Waals surface area contributed by atoms with Gasteiger partial charge in [-0.15, -0.1) is 0 Å². The van der Waals surface area contributed by atoms with Crippen LogP contribution in [0.5, 0.6) is 5.75 Å². The largest absolute Gasteiger partial charge is 0.483 e. The van der Waals surface area contributed by atoms with E-state index in [9.17, 15) is 19.2 Å². The van der Waals surface area contributed by atoms with Crippen LogP contribution in [0.15, 0.2) is 76.4 Å². The van der Waals surface area contributed by atoms with Crippen molar-refractivity contribution in [2.45, 2.75) is 0 Å². The molecule has 2 amide bonds. The molecule has 0 saturated carbocycles. The van der Waals surface area contributed by atoms with E-state index in [0.717, 1.165) is 15.7 Å². The first kappa shape index (κ1) is 21.5. The Morgan fingerprint density at radius 2 is 1.76 bits per heavy atom. The van der Waals surface area contributed by atoms with E-state index in [-0.39, 0.29) is 23.2 Å². The summed E-state index contributed by atoms with van der Waals surface area (Å²) in [7, 11) is 1.45. The van der Waals surface area contributed by atoms with Gasteiger partial charge in [0, 0.05) is 18.8 Å². The minimum Gasteiger partial charge on any atom is -0.483 e. The summed E-state index contributed by atoms with van der Waals surface area (Å²) in [6.45, 7) is -0.331. The van der Waals surface area contributed by atoms with Gasteiger partial charge in [-0.05, 0) is 17.7 Å². The number of nitrogens with zero attached hydrogens (tertiary/aromatic N) is 2. The Hall–Kier alpha value is -4.73. The molecule has 0 aliphatic heterocycles. The molecule has 0 aliphatic carbocycles. The van der Waals surface area contributed by atoms with Crippen LogP contribution in [-0.2, 0) is 11.8 Å². The molecule has 10 nitrogen and oxygen atoms in total. The zero-order chi connectivity index (χ0) is 23.4. The molecule has 0 fully saturated rings. The number of pyridine rings is 1. The number of benzene rings is 2. The van der Waals surface area contributed by atoms with E-state index < -0.39 is 23.1 Å². The molecule has 166 valence electrons. The summed E-state index contributed by atoms with van der Waals surface area (Å²) < 4.78 is 6.79. The summed E-state index contributed by atoms with van der Waals surface area (Å²) >= 11 is 0. The Kier molecular flexibility index (Phi) is 5.98. The first-order chi connectivity index (χ1) is 15.9. The van der Waals surface area contributed by atoms with E-state index in [1.807, 2.05) is 42.5 Å². The number of hydrogen-bond acceptors (Lipinski definition) is 6. The van der Waals surface area contributed by atoms with E-state index in [1.165, 1.54) is 19.3 Å². The fraction of sp³-hybridized carbons (Fsp3) is 0.0870. The first-order valence-corrected chi connectivity index (χ1v) is 9.89. The van der Waals surface area contributed by atoms with Crippen LogP contribution in [0, 0.1) is 0 Å². The van der Waals surface area contributed by atoms with Crippen molar-refractivity contribution in [3.8, 4) is 16.9 Å².